The molecule has 1 amide bonds. The minimum Gasteiger partial charge on any atom is -0.392 e. The highest BCUT2D eigenvalue weighted by molar-refractivity contribution is 5.84. The van der Waals surface area contributed by atoms with Gasteiger partial charge < -0.3 is 10.4 Å². The van der Waals surface area contributed by atoms with E-state index in [2.05, 4.69) is 34.5 Å². The fourth-order valence-corrected chi connectivity index (χ4v) is 4.14. The normalized spacial score (nSPS) is 29.3. The molecule has 120 valence electrons. The van der Waals surface area contributed by atoms with E-state index in [9.17, 15) is 9.90 Å². The molecule has 0 radical (unpaired) electrons. The van der Waals surface area contributed by atoms with E-state index in [0.717, 1.165) is 38.9 Å². The molecule has 1 saturated carbocycles. The largest absolute Gasteiger partial charge is 0.392 e. The molecule has 1 aliphatic carbocycles. The first-order chi connectivity index (χ1) is 10.6. The van der Waals surface area contributed by atoms with E-state index in [4.69, 9.17) is 0 Å². The van der Waals surface area contributed by atoms with Gasteiger partial charge in [-0.3, -0.25) is 9.69 Å². The minimum atomic E-state index is -0.484. The monoisotopic (exact) mass is 302 g/mol. The number of aliphatic hydroxyl groups is 1. The molecule has 22 heavy (non-hydrogen) atoms. The van der Waals surface area contributed by atoms with Gasteiger partial charge in [0.2, 0.25) is 5.91 Å². The Morgan fingerprint density at radius 2 is 2.23 bits per heavy atom. The van der Waals surface area contributed by atoms with Crippen LogP contribution in [-0.2, 0) is 11.3 Å². The second-order valence-corrected chi connectivity index (χ2v) is 6.96. The Balaban J connectivity index is 1.67. The summed E-state index contributed by atoms with van der Waals surface area (Å²) in [5, 5.41) is 12.4. The van der Waals surface area contributed by atoms with E-state index in [0.29, 0.717) is 12.5 Å². The number of carbonyl (C=O) groups excluding carboxylic acids is 1. The lowest BCUT2D eigenvalue weighted by atomic mass is 9.80. The van der Waals surface area contributed by atoms with Crippen molar-refractivity contribution in [2.45, 2.75) is 38.8 Å². The SMILES string of the molecule is C[C@@H](O)CNC(=O)[C@@]12CCC[C@@H]1CN(Cc1ccccc1)C2. The van der Waals surface area contributed by atoms with Crippen molar-refractivity contribution in [1.29, 1.82) is 0 Å². The summed E-state index contributed by atoms with van der Waals surface area (Å²) in [4.78, 5) is 15.1. The van der Waals surface area contributed by atoms with Gasteiger partial charge in [-0.2, -0.15) is 0 Å². The van der Waals surface area contributed by atoms with Gasteiger partial charge in [0, 0.05) is 26.2 Å². The molecular weight excluding hydrogens is 276 g/mol. The third-order valence-electron chi connectivity index (χ3n) is 5.20. The predicted octanol–water partition coefficient (Wildman–Crippen LogP) is 1.79. The summed E-state index contributed by atoms with van der Waals surface area (Å²) >= 11 is 0. The molecular formula is C18H26N2O2. The van der Waals surface area contributed by atoms with E-state index in [1.165, 1.54) is 5.56 Å². The van der Waals surface area contributed by atoms with Crippen LogP contribution in [0.1, 0.15) is 31.7 Å². The number of nitrogens with one attached hydrogen (secondary N) is 1. The highest BCUT2D eigenvalue weighted by Gasteiger charge is 2.54. The summed E-state index contributed by atoms with van der Waals surface area (Å²) in [6.07, 6.45) is 2.79. The number of benzene rings is 1. The third kappa shape index (κ3) is 3.03. The molecule has 4 heteroatoms. The van der Waals surface area contributed by atoms with Gasteiger partial charge in [0.15, 0.2) is 0 Å². The van der Waals surface area contributed by atoms with Crippen LogP contribution in [0.2, 0.25) is 0 Å². The summed E-state index contributed by atoms with van der Waals surface area (Å²) in [6, 6.07) is 10.5. The number of fused-ring (bicyclic) bond motifs is 1. The minimum absolute atomic E-state index is 0.145. The van der Waals surface area contributed by atoms with Gasteiger partial charge in [-0.1, -0.05) is 36.8 Å². The van der Waals surface area contributed by atoms with Crippen LogP contribution >= 0.6 is 0 Å². The van der Waals surface area contributed by atoms with Crippen LogP contribution in [0.4, 0.5) is 0 Å². The summed E-state index contributed by atoms with van der Waals surface area (Å²) in [5.74, 6) is 0.608. The summed E-state index contributed by atoms with van der Waals surface area (Å²) in [7, 11) is 0. The number of rotatable bonds is 5. The number of amides is 1. The van der Waals surface area contributed by atoms with Gasteiger partial charge in [-0.15, -0.1) is 0 Å². The first kappa shape index (κ1) is 15.5. The van der Waals surface area contributed by atoms with Crippen molar-refractivity contribution in [3.8, 4) is 0 Å². The second kappa shape index (κ2) is 6.39. The van der Waals surface area contributed by atoms with Crippen LogP contribution in [0, 0.1) is 11.3 Å². The maximum atomic E-state index is 12.7. The molecule has 0 aromatic heterocycles. The number of aliphatic hydroxyl groups excluding tert-OH is 1. The quantitative estimate of drug-likeness (QED) is 0.872. The zero-order chi connectivity index (χ0) is 15.6. The van der Waals surface area contributed by atoms with Crippen molar-refractivity contribution >= 4 is 5.91 Å². The van der Waals surface area contributed by atoms with Crippen molar-refractivity contribution < 1.29 is 9.90 Å². The molecule has 1 aromatic carbocycles. The Morgan fingerprint density at radius 3 is 2.95 bits per heavy atom. The lowest BCUT2D eigenvalue weighted by Crippen LogP contribution is -2.46. The highest BCUT2D eigenvalue weighted by atomic mass is 16.3. The Bertz CT molecular complexity index is 517. The van der Waals surface area contributed by atoms with Gasteiger partial charge >= 0.3 is 0 Å². The predicted molar refractivity (Wildman–Crippen MR) is 86.2 cm³/mol. The average molecular weight is 302 g/mol. The summed E-state index contributed by atoms with van der Waals surface area (Å²) in [6.45, 7) is 4.84. The van der Waals surface area contributed by atoms with Crippen LogP contribution in [0.3, 0.4) is 0 Å². The molecule has 2 aliphatic rings. The Hall–Kier alpha value is -1.39. The van der Waals surface area contributed by atoms with Crippen molar-refractivity contribution in [1.82, 2.24) is 10.2 Å². The van der Waals surface area contributed by atoms with Crippen LogP contribution in [-0.4, -0.2) is 41.7 Å². The molecule has 3 rings (SSSR count). The smallest absolute Gasteiger partial charge is 0.227 e. The number of hydrogen-bond donors (Lipinski definition) is 2. The topological polar surface area (TPSA) is 52.6 Å². The van der Waals surface area contributed by atoms with Crippen LogP contribution in [0.25, 0.3) is 0 Å². The third-order valence-corrected chi connectivity index (χ3v) is 5.20. The zero-order valence-corrected chi connectivity index (χ0v) is 13.3. The molecule has 0 spiro atoms. The molecule has 2 fully saturated rings. The fourth-order valence-electron chi connectivity index (χ4n) is 4.14. The molecule has 0 bridgehead atoms. The van der Waals surface area contributed by atoms with Crippen molar-refractivity contribution in [3.63, 3.8) is 0 Å². The van der Waals surface area contributed by atoms with E-state index in [1.54, 1.807) is 6.92 Å². The Labute approximate surface area is 132 Å². The van der Waals surface area contributed by atoms with Gasteiger partial charge in [-0.25, -0.2) is 0 Å². The number of nitrogens with zero attached hydrogens (tertiary/aromatic N) is 1. The van der Waals surface area contributed by atoms with Crippen LogP contribution in [0.15, 0.2) is 30.3 Å². The molecule has 0 unspecified atom stereocenters. The van der Waals surface area contributed by atoms with Crippen LogP contribution < -0.4 is 5.32 Å². The van der Waals surface area contributed by atoms with E-state index in [1.807, 2.05) is 6.07 Å². The Morgan fingerprint density at radius 1 is 1.45 bits per heavy atom. The summed E-state index contributed by atoms with van der Waals surface area (Å²) in [5.41, 5.74) is 1.07. The van der Waals surface area contributed by atoms with Gasteiger partial charge in [0.05, 0.1) is 11.5 Å². The van der Waals surface area contributed by atoms with Gasteiger partial charge in [-0.05, 0) is 31.2 Å². The second-order valence-electron chi connectivity index (χ2n) is 6.96. The standard InChI is InChI=1S/C18H26N2O2/c1-14(21)10-19-17(22)18-9-5-8-16(18)12-20(13-18)11-15-6-3-2-4-7-15/h2-4,6-7,14,16,21H,5,8-13H2,1H3,(H,19,22)/t14-,16-,18-/m1/s1. The molecule has 1 heterocycles. The maximum absolute atomic E-state index is 12.7. The van der Waals surface area contributed by atoms with E-state index in [-0.39, 0.29) is 11.3 Å². The lowest BCUT2D eigenvalue weighted by Gasteiger charge is -2.28. The maximum Gasteiger partial charge on any atom is 0.227 e. The van der Waals surface area contributed by atoms with Crippen molar-refractivity contribution in [2.24, 2.45) is 11.3 Å². The van der Waals surface area contributed by atoms with Crippen molar-refractivity contribution in [3.05, 3.63) is 35.9 Å². The van der Waals surface area contributed by atoms with Crippen molar-refractivity contribution in [2.75, 3.05) is 19.6 Å². The number of likely N-dealkylation sites (tertiary alicyclic amines) is 1. The molecule has 1 aliphatic heterocycles. The molecule has 1 saturated heterocycles. The average Bonchev–Trinajstić information content (AvgIpc) is 3.03. The molecule has 4 nitrogen and oxygen atoms in total. The number of hydrogen-bond acceptors (Lipinski definition) is 3. The van der Waals surface area contributed by atoms with Crippen LogP contribution in [0.5, 0.6) is 0 Å². The highest BCUT2D eigenvalue weighted by Crippen LogP contribution is 2.49. The van der Waals surface area contributed by atoms with Gasteiger partial charge in [0.1, 0.15) is 0 Å². The molecule has 1 aromatic rings. The first-order valence-corrected chi connectivity index (χ1v) is 8.33. The number of carbonyl (C=O) groups is 1. The Kier molecular flexibility index (Phi) is 4.50. The van der Waals surface area contributed by atoms with E-state index >= 15 is 0 Å². The van der Waals surface area contributed by atoms with E-state index < -0.39 is 6.10 Å². The molecule has 2 N–H and O–H groups in total. The first-order valence-electron chi connectivity index (χ1n) is 8.33. The zero-order valence-electron chi connectivity index (χ0n) is 13.3. The molecule has 3 atom stereocenters. The summed E-state index contributed by atoms with van der Waals surface area (Å²) < 4.78 is 0. The lowest BCUT2D eigenvalue weighted by molar-refractivity contribution is -0.132. The van der Waals surface area contributed by atoms with Gasteiger partial charge in [0.25, 0.3) is 0 Å². The fraction of sp³-hybridized carbons (Fsp3) is 0.611.